The highest BCUT2D eigenvalue weighted by Gasteiger charge is 2.45. The van der Waals surface area contributed by atoms with Gasteiger partial charge in [-0.15, -0.1) is 0 Å². The molecule has 0 amide bonds. The third-order valence-corrected chi connectivity index (χ3v) is 7.35. The van der Waals surface area contributed by atoms with Crippen LogP contribution in [-0.2, 0) is 9.47 Å². The molecule has 5 rings (SSSR count). The number of ether oxygens (including phenoxy) is 8. The van der Waals surface area contributed by atoms with E-state index in [1.165, 1.54) is 42.7 Å². The van der Waals surface area contributed by atoms with Crippen molar-refractivity contribution in [3.63, 3.8) is 0 Å². The molecule has 0 radical (unpaired) electrons. The van der Waals surface area contributed by atoms with Gasteiger partial charge in [0.1, 0.15) is 0 Å². The topological polar surface area (TPSA) is 108 Å². The number of carbonyl (C=O) groups excluding carboxylic acids is 2. The van der Waals surface area contributed by atoms with Crippen LogP contribution in [0.2, 0.25) is 0 Å². The largest absolute Gasteiger partial charge is 0.493 e. The Morgan fingerprint density at radius 2 is 0.818 bits per heavy atom. The molecule has 0 saturated carbocycles. The Bertz CT molecular complexity index is 1540. The predicted octanol–water partition coefficient (Wildman–Crippen LogP) is 6.22. The van der Waals surface area contributed by atoms with Crippen LogP contribution in [0, 0.1) is 0 Å². The van der Waals surface area contributed by atoms with E-state index in [2.05, 4.69) is 0 Å². The number of esters is 2. The maximum Gasteiger partial charge on any atom is 0.338 e. The molecule has 1 aliphatic rings. The SMILES string of the molecule is COc1cc2c(c(OC)c1OC)-c1c(cc(OC)c(OC)c1OC)C(OC(=O)c1ccccc1)C2OC(=O)c1ccccc1. The van der Waals surface area contributed by atoms with Gasteiger partial charge in [0.25, 0.3) is 0 Å². The van der Waals surface area contributed by atoms with Gasteiger partial charge in [-0.3, -0.25) is 0 Å². The number of hydrogen-bond acceptors (Lipinski definition) is 10. The van der Waals surface area contributed by atoms with Crippen LogP contribution in [0.1, 0.15) is 44.1 Å². The van der Waals surface area contributed by atoms with Crippen molar-refractivity contribution in [3.8, 4) is 45.6 Å². The molecule has 0 N–H and O–H groups in total. The molecule has 0 aliphatic heterocycles. The predicted molar refractivity (Wildman–Crippen MR) is 160 cm³/mol. The number of rotatable bonds is 10. The molecule has 0 heterocycles. The third kappa shape index (κ3) is 5.19. The van der Waals surface area contributed by atoms with Crippen molar-refractivity contribution in [3.05, 3.63) is 95.1 Å². The first-order valence-electron chi connectivity index (χ1n) is 13.6. The molecule has 44 heavy (non-hydrogen) atoms. The summed E-state index contributed by atoms with van der Waals surface area (Å²) in [5, 5.41) is 0. The van der Waals surface area contributed by atoms with E-state index in [1.807, 2.05) is 0 Å². The van der Waals surface area contributed by atoms with Crippen LogP contribution in [0.4, 0.5) is 0 Å². The van der Waals surface area contributed by atoms with Crippen LogP contribution in [0.3, 0.4) is 0 Å². The molecule has 10 heteroatoms. The molecule has 4 aromatic rings. The Morgan fingerprint density at radius 3 is 1.11 bits per heavy atom. The lowest BCUT2D eigenvalue weighted by Crippen LogP contribution is -2.28. The zero-order valence-electron chi connectivity index (χ0n) is 25.2. The highest BCUT2D eigenvalue weighted by atomic mass is 16.6. The standard InChI is InChI=1S/C34H32O10/c1-37-23-17-21-25(31(41-5)29(23)39-3)26-22(18-24(38-2)30(40-4)32(26)42-6)28(44-34(36)20-15-11-8-12-16-20)27(21)43-33(35)19-13-9-7-10-14-19/h7-18,27-28H,1-6H3. The second-order valence-corrected chi connectivity index (χ2v) is 9.60. The zero-order chi connectivity index (χ0) is 31.4. The van der Waals surface area contributed by atoms with Crippen molar-refractivity contribution in [1.29, 1.82) is 0 Å². The molecule has 4 aromatic carbocycles. The summed E-state index contributed by atoms with van der Waals surface area (Å²) in [6, 6.07) is 20.4. The number of fused-ring (bicyclic) bond motifs is 3. The minimum Gasteiger partial charge on any atom is -0.493 e. The summed E-state index contributed by atoms with van der Waals surface area (Å²) in [4.78, 5) is 27.2. The third-order valence-electron chi connectivity index (χ3n) is 7.35. The van der Waals surface area contributed by atoms with Gasteiger partial charge in [0.2, 0.25) is 11.5 Å². The fourth-order valence-corrected chi connectivity index (χ4v) is 5.41. The lowest BCUT2D eigenvalue weighted by molar-refractivity contribution is -0.0398. The van der Waals surface area contributed by atoms with Crippen molar-refractivity contribution in [2.24, 2.45) is 0 Å². The summed E-state index contributed by atoms with van der Waals surface area (Å²) in [6.07, 6.45) is -2.34. The van der Waals surface area contributed by atoms with Crippen LogP contribution in [0.15, 0.2) is 72.8 Å². The lowest BCUT2D eigenvalue weighted by Gasteiger charge is -2.37. The zero-order valence-corrected chi connectivity index (χ0v) is 25.2. The summed E-state index contributed by atoms with van der Waals surface area (Å²) < 4.78 is 47.0. The fraction of sp³-hybridized carbons (Fsp3) is 0.235. The molecular formula is C34H32O10. The van der Waals surface area contributed by atoms with E-state index < -0.39 is 24.1 Å². The Kier molecular flexibility index (Phi) is 8.80. The second-order valence-electron chi connectivity index (χ2n) is 9.60. The van der Waals surface area contributed by atoms with Gasteiger partial charge in [0.15, 0.2) is 35.2 Å². The van der Waals surface area contributed by atoms with E-state index in [9.17, 15) is 9.59 Å². The summed E-state index contributed by atoms with van der Waals surface area (Å²) in [5.41, 5.74) is 2.41. The van der Waals surface area contributed by atoms with E-state index >= 15 is 0 Å². The molecular weight excluding hydrogens is 568 g/mol. The normalized spacial score (nSPS) is 14.8. The molecule has 2 atom stereocenters. The first kappa shape index (κ1) is 30.1. The minimum absolute atomic E-state index is 0.280. The molecule has 2 unspecified atom stereocenters. The maximum atomic E-state index is 13.6. The average Bonchev–Trinajstić information content (AvgIpc) is 3.07. The van der Waals surface area contributed by atoms with Crippen LogP contribution in [0.25, 0.3) is 11.1 Å². The van der Waals surface area contributed by atoms with Crippen molar-refractivity contribution in [1.82, 2.24) is 0 Å². The van der Waals surface area contributed by atoms with Crippen LogP contribution in [-0.4, -0.2) is 54.6 Å². The van der Waals surface area contributed by atoms with Crippen molar-refractivity contribution < 1.29 is 47.5 Å². The Morgan fingerprint density at radius 1 is 0.477 bits per heavy atom. The second kappa shape index (κ2) is 12.9. The van der Waals surface area contributed by atoms with E-state index in [0.717, 1.165) is 0 Å². The Hall–Kier alpha value is -5.38. The van der Waals surface area contributed by atoms with Crippen molar-refractivity contribution in [2.75, 3.05) is 42.7 Å². The van der Waals surface area contributed by atoms with E-state index in [0.29, 0.717) is 56.4 Å². The number of benzene rings is 4. The van der Waals surface area contributed by atoms with Crippen LogP contribution in [0.5, 0.6) is 34.5 Å². The first-order valence-corrected chi connectivity index (χ1v) is 13.6. The molecule has 10 nitrogen and oxygen atoms in total. The molecule has 0 fully saturated rings. The Balaban J connectivity index is 1.85. The number of carbonyl (C=O) groups is 2. The van der Waals surface area contributed by atoms with Gasteiger partial charge in [-0.1, -0.05) is 36.4 Å². The monoisotopic (exact) mass is 600 g/mol. The van der Waals surface area contributed by atoms with Gasteiger partial charge in [-0.2, -0.15) is 0 Å². The van der Waals surface area contributed by atoms with Gasteiger partial charge in [-0.25, -0.2) is 9.59 Å². The number of hydrogen-bond donors (Lipinski definition) is 0. The molecule has 0 aromatic heterocycles. The van der Waals surface area contributed by atoms with Crippen LogP contribution >= 0.6 is 0 Å². The summed E-state index contributed by atoms with van der Waals surface area (Å²) in [6.45, 7) is 0. The molecule has 0 saturated heterocycles. The summed E-state index contributed by atoms with van der Waals surface area (Å²) >= 11 is 0. The molecule has 0 spiro atoms. The molecule has 0 bridgehead atoms. The smallest absolute Gasteiger partial charge is 0.338 e. The summed E-state index contributed by atoms with van der Waals surface area (Å²) in [7, 11) is 8.90. The molecule has 1 aliphatic carbocycles. The van der Waals surface area contributed by atoms with Gasteiger partial charge >= 0.3 is 11.9 Å². The van der Waals surface area contributed by atoms with Gasteiger partial charge in [-0.05, 0) is 36.4 Å². The van der Waals surface area contributed by atoms with Crippen molar-refractivity contribution >= 4 is 11.9 Å². The highest BCUT2D eigenvalue weighted by molar-refractivity contribution is 5.94. The molecule has 228 valence electrons. The Labute approximate surface area is 254 Å². The van der Waals surface area contributed by atoms with Crippen molar-refractivity contribution in [2.45, 2.75) is 12.2 Å². The summed E-state index contributed by atoms with van der Waals surface area (Å²) in [5.74, 6) is 0.497. The van der Waals surface area contributed by atoms with Gasteiger partial charge in [0.05, 0.1) is 53.8 Å². The van der Waals surface area contributed by atoms with E-state index in [1.54, 1.807) is 72.8 Å². The fourth-order valence-electron chi connectivity index (χ4n) is 5.41. The van der Waals surface area contributed by atoms with E-state index in [-0.39, 0.29) is 11.5 Å². The quantitative estimate of drug-likeness (QED) is 0.195. The minimum atomic E-state index is -1.17. The van der Waals surface area contributed by atoms with Gasteiger partial charge < -0.3 is 37.9 Å². The van der Waals surface area contributed by atoms with Crippen LogP contribution < -0.4 is 28.4 Å². The lowest BCUT2D eigenvalue weighted by atomic mass is 9.79. The van der Waals surface area contributed by atoms with E-state index in [4.69, 9.17) is 37.9 Å². The highest BCUT2D eigenvalue weighted by Crippen LogP contribution is 2.61. The maximum absolute atomic E-state index is 13.6. The average molecular weight is 601 g/mol. The van der Waals surface area contributed by atoms with Gasteiger partial charge in [0, 0.05) is 22.3 Å². The number of methoxy groups -OCH3 is 6. The first-order chi connectivity index (χ1) is 21.4.